The maximum atomic E-state index is 13.7. The first kappa shape index (κ1) is 28.6. The fourth-order valence-corrected chi connectivity index (χ4v) is 6.06. The molecule has 2 heterocycles. The predicted molar refractivity (Wildman–Crippen MR) is 153 cm³/mol. The van der Waals surface area contributed by atoms with Gasteiger partial charge in [0.15, 0.2) is 0 Å². The molecule has 1 aliphatic carbocycles. The number of ether oxygens (including phenoxy) is 2. The molecule has 3 aliphatic rings. The highest BCUT2D eigenvalue weighted by Crippen LogP contribution is 2.47. The van der Waals surface area contributed by atoms with Crippen molar-refractivity contribution < 1.29 is 23.9 Å². The van der Waals surface area contributed by atoms with Gasteiger partial charge in [0.05, 0.1) is 23.2 Å². The minimum atomic E-state index is -0.519. The number of amides is 3. The van der Waals surface area contributed by atoms with Crippen LogP contribution < -0.4 is 9.47 Å². The van der Waals surface area contributed by atoms with Crippen LogP contribution in [-0.4, -0.2) is 79.0 Å². The smallest absolute Gasteiger partial charge is 0.415 e. The topological polar surface area (TPSA) is 79.4 Å². The van der Waals surface area contributed by atoms with Crippen LogP contribution in [0.25, 0.3) is 0 Å². The number of rotatable bonds is 6. The van der Waals surface area contributed by atoms with Crippen LogP contribution in [0.4, 0.5) is 4.79 Å². The van der Waals surface area contributed by atoms with E-state index in [1.54, 1.807) is 55.5 Å². The Hall–Kier alpha value is -2.97. The Balaban J connectivity index is 1.29. The number of methoxy groups -OCH3 is 1. The van der Waals surface area contributed by atoms with Crippen LogP contribution in [-0.2, 0) is 9.59 Å². The lowest BCUT2D eigenvalue weighted by Crippen LogP contribution is -2.46. The number of hydrogen-bond donors (Lipinski definition) is 0. The third kappa shape index (κ3) is 5.88. The molecular weight excluding hydrogens is 553 g/mol. The molecule has 0 aromatic heterocycles. The Kier molecular flexibility index (Phi) is 8.20. The number of piperidine rings is 1. The van der Waals surface area contributed by atoms with Crippen molar-refractivity contribution in [2.75, 3.05) is 40.3 Å². The first-order chi connectivity index (χ1) is 19.1. The van der Waals surface area contributed by atoms with E-state index in [0.717, 1.165) is 18.4 Å². The van der Waals surface area contributed by atoms with E-state index >= 15 is 0 Å². The van der Waals surface area contributed by atoms with Crippen molar-refractivity contribution in [2.45, 2.75) is 44.6 Å². The second kappa shape index (κ2) is 11.5. The summed E-state index contributed by atoms with van der Waals surface area (Å²) in [5, 5.41) is 0.870. The molecule has 2 atom stereocenters. The summed E-state index contributed by atoms with van der Waals surface area (Å²) in [5.41, 5.74) is 0.703. The van der Waals surface area contributed by atoms with Gasteiger partial charge in [-0.2, -0.15) is 0 Å². The van der Waals surface area contributed by atoms with Crippen molar-refractivity contribution in [3.63, 3.8) is 0 Å². The van der Waals surface area contributed by atoms with Crippen LogP contribution in [0.2, 0.25) is 10.0 Å². The van der Waals surface area contributed by atoms with E-state index < -0.39 is 6.09 Å². The minimum absolute atomic E-state index is 0.0641. The van der Waals surface area contributed by atoms with Crippen LogP contribution >= 0.6 is 23.2 Å². The zero-order valence-electron chi connectivity index (χ0n) is 23.1. The summed E-state index contributed by atoms with van der Waals surface area (Å²) < 4.78 is 10.8. The zero-order valence-corrected chi connectivity index (χ0v) is 24.6. The lowest BCUT2D eigenvalue weighted by Gasteiger charge is -2.34. The number of halogens is 2. The molecule has 8 nitrogen and oxygen atoms in total. The van der Waals surface area contributed by atoms with Gasteiger partial charge in [-0.15, -0.1) is 0 Å². The van der Waals surface area contributed by atoms with Gasteiger partial charge in [-0.3, -0.25) is 9.59 Å². The summed E-state index contributed by atoms with van der Waals surface area (Å²) in [6.45, 7) is 4.04. The number of carbonyl (C=O) groups is 3. The van der Waals surface area contributed by atoms with E-state index in [1.165, 1.54) is 0 Å². The Morgan fingerprint density at radius 2 is 1.57 bits per heavy atom. The minimum Gasteiger partial charge on any atom is -0.497 e. The van der Waals surface area contributed by atoms with E-state index in [2.05, 4.69) is 0 Å². The molecule has 214 valence electrons. The number of benzene rings is 2. The van der Waals surface area contributed by atoms with Crippen LogP contribution in [0.3, 0.4) is 0 Å². The number of hydrogen-bond acceptors (Lipinski definition) is 5. The van der Waals surface area contributed by atoms with E-state index in [1.807, 2.05) is 22.8 Å². The Bertz CT molecular complexity index is 1270. The highest BCUT2D eigenvalue weighted by molar-refractivity contribution is 6.42. The zero-order chi connectivity index (χ0) is 28.6. The molecule has 2 saturated heterocycles. The monoisotopic (exact) mass is 587 g/mol. The summed E-state index contributed by atoms with van der Waals surface area (Å²) in [6, 6.07) is 11.9. The molecule has 10 heteroatoms. The molecule has 0 radical (unpaired) electrons. The molecule has 3 amide bonds. The van der Waals surface area contributed by atoms with Gasteiger partial charge in [0.25, 0.3) is 0 Å². The van der Waals surface area contributed by atoms with Crippen LogP contribution in [0.15, 0.2) is 42.5 Å². The van der Waals surface area contributed by atoms with Gasteiger partial charge in [0, 0.05) is 50.5 Å². The fourth-order valence-electron chi connectivity index (χ4n) is 5.75. The Labute approximate surface area is 245 Å². The molecule has 0 N–H and O–H groups in total. The number of likely N-dealkylation sites (tertiary alicyclic amines) is 2. The SMILES string of the molecule is COc1ccc(OC(=O)N(C)C2CN(C(=O)C3CCN(C(=O)C4(C)CC4)CC3)C[C@@H]2c2ccc(Cl)c(Cl)c2)cc1. The van der Waals surface area contributed by atoms with E-state index in [9.17, 15) is 14.4 Å². The largest absolute Gasteiger partial charge is 0.497 e. The van der Waals surface area contributed by atoms with E-state index in [-0.39, 0.29) is 35.1 Å². The number of carbonyl (C=O) groups excluding carboxylic acids is 3. The average Bonchev–Trinajstić information content (AvgIpc) is 3.57. The molecule has 0 bridgehead atoms. The molecule has 5 rings (SSSR count). The first-order valence-corrected chi connectivity index (χ1v) is 14.5. The molecule has 1 saturated carbocycles. The molecular formula is C30H35Cl2N3O5. The van der Waals surface area contributed by atoms with Gasteiger partial charge >= 0.3 is 6.09 Å². The van der Waals surface area contributed by atoms with Gasteiger partial charge in [-0.1, -0.05) is 36.2 Å². The van der Waals surface area contributed by atoms with Crippen molar-refractivity contribution in [1.29, 1.82) is 0 Å². The van der Waals surface area contributed by atoms with Crippen molar-refractivity contribution in [1.82, 2.24) is 14.7 Å². The van der Waals surface area contributed by atoms with Crippen molar-refractivity contribution in [3.8, 4) is 11.5 Å². The quantitative estimate of drug-likeness (QED) is 0.448. The van der Waals surface area contributed by atoms with E-state index in [0.29, 0.717) is 60.6 Å². The molecule has 0 spiro atoms. The highest BCUT2D eigenvalue weighted by Gasteiger charge is 2.48. The second-order valence-electron chi connectivity index (χ2n) is 11.4. The summed E-state index contributed by atoms with van der Waals surface area (Å²) in [6.07, 6.45) is 2.67. The summed E-state index contributed by atoms with van der Waals surface area (Å²) >= 11 is 12.5. The van der Waals surface area contributed by atoms with Gasteiger partial charge in [-0.25, -0.2) is 4.79 Å². The first-order valence-electron chi connectivity index (χ1n) is 13.7. The summed E-state index contributed by atoms with van der Waals surface area (Å²) in [4.78, 5) is 45.0. The van der Waals surface area contributed by atoms with E-state index in [4.69, 9.17) is 32.7 Å². The fraction of sp³-hybridized carbons (Fsp3) is 0.500. The van der Waals surface area contributed by atoms with Gasteiger partial charge in [-0.05, 0) is 67.6 Å². The van der Waals surface area contributed by atoms with Gasteiger partial charge < -0.3 is 24.2 Å². The lowest BCUT2D eigenvalue weighted by atomic mass is 9.93. The molecule has 2 aromatic rings. The predicted octanol–water partition coefficient (Wildman–Crippen LogP) is 5.47. The molecule has 2 aliphatic heterocycles. The summed E-state index contributed by atoms with van der Waals surface area (Å²) in [5.74, 6) is 1.01. The molecule has 1 unspecified atom stereocenters. The average molecular weight is 589 g/mol. The number of likely N-dealkylation sites (N-methyl/N-ethyl adjacent to an activating group) is 1. The standard InChI is InChI=1S/C30H35Cl2N3O5/c1-30(12-13-30)28(37)34-14-10-19(11-15-34)27(36)35-17-23(20-4-9-24(31)25(32)16-20)26(18-35)33(2)29(38)40-22-7-5-21(39-3)6-8-22/h4-9,16,19,23,26H,10-15,17-18H2,1-3H3/t23-,26?/m1/s1. The maximum Gasteiger partial charge on any atom is 0.415 e. The third-order valence-electron chi connectivity index (χ3n) is 8.67. The van der Waals surface area contributed by atoms with Crippen LogP contribution in [0.1, 0.15) is 44.1 Å². The van der Waals surface area contributed by atoms with Gasteiger partial charge in [0.2, 0.25) is 11.8 Å². The van der Waals surface area contributed by atoms with Crippen LogP contribution in [0, 0.1) is 11.3 Å². The normalized spacial score (nSPS) is 22.1. The molecule has 2 aromatic carbocycles. The highest BCUT2D eigenvalue weighted by atomic mass is 35.5. The lowest BCUT2D eigenvalue weighted by molar-refractivity contribution is -0.142. The van der Waals surface area contributed by atoms with Crippen molar-refractivity contribution >= 4 is 41.1 Å². The maximum absolute atomic E-state index is 13.7. The summed E-state index contributed by atoms with van der Waals surface area (Å²) in [7, 11) is 3.26. The van der Waals surface area contributed by atoms with Gasteiger partial charge in [0.1, 0.15) is 11.5 Å². The second-order valence-corrected chi connectivity index (χ2v) is 12.2. The number of nitrogens with zero attached hydrogens (tertiary/aromatic N) is 3. The molecule has 3 fully saturated rings. The van der Waals surface area contributed by atoms with Crippen molar-refractivity contribution in [2.24, 2.45) is 11.3 Å². The Morgan fingerprint density at radius 3 is 2.17 bits per heavy atom. The van der Waals surface area contributed by atoms with Crippen LogP contribution in [0.5, 0.6) is 11.5 Å². The van der Waals surface area contributed by atoms with Crippen molar-refractivity contribution in [3.05, 3.63) is 58.1 Å². The Morgan fingerprint density at radius 1 is 0.925 bits per heavy atom. The molecule has 40 heavy (non-hydrogen) atoms. The third-order valence-corrected chi connectivity index (χ3v) is 9.41.